The average molecular weight is 311 g/mol. The minimum Gasteiger partial charge on any atom is -0.274 e. The van der Waals surface area contributed by atoms with E-state index in [-0.39, 0.29) is 23.7 Å². The van der Waals surface area contributed by atoms with Crippen molar-refractivity contribution in [2.45, 2.75) is 20.3 Å². The van der Waals surface area contributed by atoms with Crippen LogP contribution in [0.15, 0.2) is 48.5 Å². The molecule has 2 aromatic carbocycles. The quantitative estimate of drug-likeness (QED) is 0.814. The lowest BCUT2D eigenvalue weighted by Crippen LogP contribution is -2.31. The molecule has 0 N–H and O–H groups in total. The molecule has 1 fully saturated rings. The van der Waals surface area contributed by atoms with E-state index in [2.05, 4.69) is 0 Å². The Kier molecular flexibility index (Phi) is 3.99. The number of carbonyl (C=O) groups excluding carboxylic acids is 2. The summed E-state index contributed by atoms with van der Waals surface area (Å²) >= 11 is 0. The lowest BCUT2D eigenvalue weighted by Gasteiger charge is -2.15. The first kappa shape index (κ1) is 15.4. The van der Waals surface area contributed by atoms with E-state index >= 15 is 0 Å². The van der Waals surface area contributed by atoms with E-state index in [0.717, 1.165) is 11.1 Å². The third kappa shape index (κ3) is 2.89. The van der Waals surface area contributed by atoms with Crippen molar-refractivity contribution in [2.24, 2.45) is 11.8 Å². The average Bonchev–Trinajstić information content (AvgIpc) is 2.74. The van der Waals surface area contributed by atoms with E-state index in [9.17, 15) is 14.0 Å². The van der Waals surface area contributed by atoms with Gasteiger partial charge in [0.05, 0.1) is 11.6 Å². The van der Waals surface area contributed by atoms with Gasteiger partial charge in [-0.3, -0.25) is 14.5 Å². The Hall–Kier alpha value is -2.49. The molecule has 0 spiro atoms. The van der Waals surface area contributed by atoms with Crippen molar-refractivity contribution in [3.63, 3.8) is 0 Å². The van der Waals surface area contributed by atoms with Crippen LogP contribution < -0.4 is 4.90 Å². The fourth-order valence-corrected chi connectivity index (χ4v) is 2.95. The zero-order valence-electron chi connectivity index (χ0n) is 13.1. The highest BCUT2D eigenvalue weighted by Crippen LogP contribution is 2.33. The second-order valence-electron chi connectivity index (χ2n) is 6.07. The predicted molar refractivity (Wildman–Crippen MR) is 86.4 cm³/mol. The molecule has 3 rings (SSSR count). The maximum absolute atomic E-state index is 13.1. The molecule has 0 unspecified atom stereocenters. The summed E-state index contributed by atoms with van der Waals surface area (Å²) < 4.78 is 13.1. The molecule has 0 radical (unpaired) electrons. The Labute approximate surface area is 134 Å². The second-order valence-corrected chi connectivity index (χ2v) is 6.07. The van der Waals surface area contributed by atoms with Gasteiger partial charge in [0.15, 0.2) is 0 Å². The number of hydrogen-bond acceptors (Lipinski definition) is 2. The molecule has 2 aromatic rings. The number of amides is 2. The predicted octanol–water partition coefficient (Wildman–Crippen LogP) is 3.50. The first-order valence-electron chi connectivity index (χ1n) is 7.66. The monoisotopic (exact) mass is 311 g/mol. The maximum atomic E-state index is 13.1. The molecule has 4 heteroatoms. The van der Waals surface area contributed by atoms with Crippen LogP contribution >= 0.6 is 0 Å². The SMILES string of the molecule is Cc1ccc(C[C@@H]2C(=O)N(c3ccc(F)cc3)C(=O)[C@H]2C)cc1. The van der Waals surface area contributed by atoms with E-state index in [1.807, 2.05) is 31.2 Å². The Morgan fingerprint density at radius 3 is 2.17 bits per heavy atom. The highest BCUT2D eigenvalue weighted by molar-refractivity contribution is 6.21. The molecule has 0 saturated carbocycles. The van der Waals surface area contributed by atoms with Gasteiger partial charge in [-0.2, -0.15) is 0 Å². The van der Waals surface area contributed by atoms with E-state index < -0.39 is 5.82 Å². The molecule has 118 valence electrons. The zero-order chi connectivity index (χ0) is 16.6. The topological polar surface area (TPSA) is 37.4 Å². The lowest BCUT2D eigenvalue weighted by molar-refractivity contribution is -0.122. The first-order chi connectivity index (χ1) is 11.0. The van der Waals surface area contributed by atoms with Gasteiger partial charge in [-0.1, -0.05) is 36.8 Å². The van der Waals surface area contributed by atoms with Crippen LogP contribution in [0, 0.1) is 24.6 Å². The molecular weight excluding hydrogens is 293 g/mol. The number of nitrogens with zero attached hydrogens (tertiary/aromatic N) is 1. The maximum Gasteiger partial charge on any atom is 0.238 e. The van der Waals surface area contributed by atoms with Crippen LogP contribution in [-0.2, 0) is 16.0 Å². The van der Waals surface area contributed by atoms with Gasteiger partial charge in [0.2, 0.25) is 11.8 Å². The molecule has 0 aromatic heterocycles. The minimum absolute atomic E-state index is 0.213. The van der Waals surface area contributed by atoms with Gasteiger partial charge >= 0.3 is 0 Å². The van der Waals surface area contributed by atoms with Gasteiger partial charge in [0, 0.05) is 5.92 Å². The van der Waals surface area contributed by atoms with Crippen LogP contribution in [0.1, 0.15) is 18.1 Å². The summed E-state index contributed by atoms with van der Waals surface area (Å²) in [5.41, 5.74) is 2.62. The number of halogens is 1. The van der Waals surface area contributed by atoms with Gasteiger partial charge in [0.25, 0.3) is 0 Å². The molecule has 2 atom stereocenters. The Morgan fingerprint density at radius 1 is 0.957 bits per heavy atom. The fraction of sp³-hybridized carbons (Fsp3) is 0.263. The van der Waals surface area contributed by atoms with Gasteiger partial charge in [-0.25, -0.2) is 4.39 Å². The van der Waals surface area contributed by atoms with E-state index in [1.54, 1.807) is 6.92 Å². The van der Waals surface area contributed by atoms with E-state index in [0.29, 0.717) is 12.1 Å². The summed E-state index contributed by atoms with van der Waals surface area (Å²) in [6.07, 6.45) is 0.531. The first-order valence-corrected chi connectivity index (χ1v) is 7.66. The smallest absolute Gasteiger partial charge is 0.238 e. The van der Waals surface area contributed by atoms with Crippen molar-refractivity contribution < 1.29 is 14.0 Å². The van der Waals surface area contributed by atoms with Gasteiger partial charge in [0.1, 0.15) is 5.82 Å². The van der Waals surface area contributed by atoms with Crippen molar-refractivity contribution in [2.75, 3.05) is 4.90 Å². The number of imide groups is 1. The van der Waals surface area contributed by atoms with Crippen molar-refractivity contribution in [3.05, 3.63) is 65.5 Å². The summed E-state index contributed by atoms with van der Waals surface area (Å²) in [4.78, 5) is 26.3. The van der Waals surface area contributed by atoms with Crippen LogP contribution in [0.25, 0.3) is 0 Å². The largest absolute Gasteiger partial charge is 0.274 e. The number of rotatable bonds is 3. The molecule has 1 saturated heterocycles. The lowest BCUT2D eigenvalue weighted by atomic mass is 9.90. The van der Waals surface area contributed by atoms with Crippen LogP contribution in [-0.4, -0.2) is 11.8 Å². The summed E-state index contributed by atoms with van der Waals surface area (Å²) in [6.45, 7) is 3.79. The molecule has 0 aliphatic carbocycles. The van der Waals surface area contributed by atoms with Crippen LogP contribution in [0.4, 0.5) is 10.1 Å². The number of aryl methyl sites for hydroxylation is 1. The minimum atomic E-state index is -0.392. The van der Waals surface area contributed by atoms with Crippen molar-refractivity contribution >= 4 is 17.5 Å². The number of benzene rings is 2. The summed E-state index contributed by atoms with van der Waals surface area (Å²) in [5.74, 6) is -1.59. The molecule has 2 amide bonds. The van der Waals surface area contributed by atoms with E-state index in [4.69, 9.17) is 0 Å². The normalized spacial score (nSPS) is 21.1. The second kappa shape index (κ2) is 5.95. The molecule has 1 aliphatic heterocycles. The summed E-state index contributed by atoms with van der Waals surface area (Å²) in [5, 5.41) is 0. The van der Waals surface area contributed by atoms with Crippen LogP contribution in [0.2, 0.25) is 0 Å². The van der Waals surface area contributed by atoms with Crippen molar-refractivity contribution in [1.82, 2.24) is 0 Å². The summed E-state index contributed by atoms with van der Waals surface area (Å²) in [7, 11) is 0. The number of carbonyl (C=O) groups is 2. The fourth-order valence-electron chi connectivity index (χ4n) is 2.95. The van der Waals surface area contributed by atoms with Crippen molar-refractivity contribution in [1.29, 1.82) is 0 Å². The number of hydrogen-bond donors (Lipinski definition) is 0. The molecule has 1 heterocycles. The Balaban J connectivity index is 1.85. The standard InChI is InChI=1S/C19H18FNO2/c1-12-3-5-14(6-4-12)11-17-13(2)18(22)21(19(17)23)16-9-7-15(20)8-10-16/h3-10,13,17H,11H2,1-2H3/t13-,17-/m0/s1. The van der Waals surface area contributed by atoms with E-state index in [1.165, 1.54) is 29.2 Å². The number of anilines is 1. The molecule has 1 aliphatic rings. The zero-order valence-corrected chi connectivity index (χ0v) is 13.1. The molecule has 3 nitrogen and oxygen atoms in total. The third-order valence-corrected chi connectivity index (χ3v) is 4.41. The highest BCUT2D eigenvalue weighted by Gasteiger charge is 2.45. The van der Waals surface area contributed by atoms with Gasteiger partial charge in [-0.05, 0) is 43.2 Å². The van der Waals surface area contributed by atoms with Crippen LogP contribution in [0.5, 0.6) is 0 Å². The highest BCUT2D eigenvalue weighted by atomic mass is 19.1. The third-order valence-electron chi connectivity index (χ3n) is 4.41. The Morgan fingerprint density at radius 2 is 1.57 bits per heavy atom. The van der Waals surface area contributed by atoms with Crippen LogP contribution in [0.3, 0.4) is 0 Å². The molecule has 0 bridgehead atoms. The molecular formula is C19H18FNO2. The van der Waals surface area contributed by atoms with Gasteiger partial charge in [-0.15, -0.1) is 0 Å². The summed E-state index contributed by atoms with van der Waals surface area (Å²) in [6, 6.07) is 13.4. The Bertz CT molecular complexity index is 737. The molecule has 23 heavy (non-hydrogen) atoms. The van der Waals surface area contributed by atoms with Crippen molar-refractivity contribution in [3.8, 4) is 0 Å². The van der Waals surface area contributed by atoms with Gasteiger partial charge < -0.3 is 0 Å².